The van der Waals surface area contributed by atoms with Crippen LogP contribution in [0.3, 0.4) is 0 Å². The molecule has 7 heteroatoms. The number of hydrogen-bond acceptors (Lipinski definition) is 4. The lowest BCUT2D eigenvalue weighted by molar-refractivity contribution is -0.185. The number of carbonyl (C=O) groups excluding carboxylic acids is 1. The van der Waals surface area contributed by atoms with Crippen molar-refractivity contribution >= 4 is 11.6 Å². The van der Waals surface area contributed by atoms with Crippen molar-refractivity contribution in [1.82, 2.24) is 0 Å². The first kappa shape index (κ1) is 19.0. The van der Waals surface area contributed by atoms with Gasteiger partial charge in [0.1, 0.15) is 17.5 Å². The second kappa shape index (κ2) is 7.48. The Labute approximate surface area is 151 Å². The number of aliphatic hydroxyl groups is 2. The summed E-state index contributed by atoms with van der Waals surface area (Å²) in [6.45, 7) is 0. The molecule has 0 aliphatic heterocycles. The highest BCUT2D eigenvalue weighted by atomic mass is 19.3. The van der Waals surface area contributed by atoms with Gasteiger partial charge in [0.05, 0.1) is 6.10 Å². The molecule has 0 spiro atoms. The average molecular weight is 369 g/mol. The number of carbonyl (C=O) groups is 1. The second-order valence-corrected chi connectivity index (χ2v) is 7.30. The van der Waals surface area contributed by atoms with Crippen LogP contribution in [0.4, 0.5) is 14.5 Å². The van der Waals surface area contributed by atoms with Crippen molar-refractivity contribution in [3.05, 3.63) is 24.3 Å². The monoisotopic (exact) mass is 369 g/mol. The predicted octanol–water partition coefficient (Wildman–Crippen LogP) is 3.25. The SMILES string of the molecule is O=C(Nc1ccc(O[C@@H]2CCCC[C@H]2O)cc1)C(F)(F)C1(O)CCCC1. The number of nitrogens with one attached hydrogen (secondary N) is 1. The highest BCUT2D eigenvalue weighted by molar-refractivity contribution is 5.97. The van der Waals surface area contributed by atoms with Gasteiger partial charge in [0, 0.05) is 5.69 Å². The maximum Gasteiger partial charge on any atom is 0.352 e. The molecule has 26 heavy (non-hydrogen) atoms. The molecule has 1 aromatic rings. The first-order valence-corrected chi connectivity index (χ1v) is 9.18. The van der Waals surface area contributed by atoms with E-state index in [2.05, 4.69) is 5.32 Å². The van der Waals surface area contributed by atoms with Crippen LogP contribution in [0.15, 0.2) is 24.3 Å². The van der Waals surface area contributed by atoms with Gasteiger partial charge in [-0.3, -0.25) is 4.79 Å². The van der Waals surface area contributed by atoms with Gasteiger partial charge in [-0.2, -0.15) is 8.78 Å². The zero-order valence-corrected chi connectivity index (χ0v) is 14.6. The standard InChI is InChI=1S/C19H25F2NO4/c20-19(21,18(25)11-3-4-12-18)17(24)22-13-7-9-14(10-8-13)26-16-6-2-1-5-15(16)23/h7-10,15-16,23,25H,1-6,11-12H2,(H,22,24)/t15-,16-/m1/s1. The molecule has 5 nitrogen and oxygen atoms in total. The summed E-state index contributed by atoms with van der Waals surface area (Å²) in [5, 5.41) is 22.2. The topological polar surface area (TPSA) is 78.8 Å². The van der Waals surface area contributed by atoms with E-state index in [9.17, 15) is 23.8 Å². The van der Waals surface area contributed by atoms with E-state index in [0.29, 0.717) is 25.0 Å². The molecule has 2 aliphatic rings. The first-order chi connectivity index (χ1) is 12.3. The van der Waals surface area contributed by atoms with E-state index in [1.807, 2.05) is 0 Å². The molecule has 2 aliphatic carbocycles. The predicted molar refractivity (Wildman–Crippen MR) is 92.3 cm³/mol. The van der Waals surface area contributed by atoms with Crippen LogP contribution in [-0.4, -0.2) is 39.9 Å². The van der Waals surface area contributed by atoms with E-state index in [-0.39, 0.29) is 24.6 Å². The number of aliphatic hydroxyl groups excluding tert-OH is 1. The van der Waals surface area contributed by atoms with Gasteiger partial charge in [0.15, 0.2) is 0 Å². The van der Waals surface area contributed by atoms with Gasteiger partial charge in [-0.15, -0.1) is 0 Å². The molecule has 3 rings (SSSR count). The third-order valence-electron chi connectivity index (χ3n) is 5.37. The summed E-state index contributed by atoms with van der Waals surface area (Å²) in [6, 6.07) is 6.08. The van der Waals surface area contributed by atoms with Crippen LogP contribution >= 0.6 is 0 Å². The normalized spacial score (nSPS) is 25.7. The molecule has 2 atom stereocenters. The number of hydrogen-bond donors (Lipinski definition) is 3. The molecular formula is C19H25F2NO4. The van der Waals surface area contributed by atoms with E-state index >= 15 is 0 Å². The Morgan fingerprint density at radius 1 is 1.12 bits per heavy atom. The van der Waals surface area contributed by atoms with Crippen LogP contribution in [0.1, 0.15) is 51.4 Å². The van der Waals surface area contributed by atoms with E-state index in [1.165, 1.54) is 12.1 Å². The van der Waals surface area contributed by atoms with E-state index in [1.54, 1.807) is 12.1 Å². The van der Waals surface area contributed by atoms with Crippen LogP contribution < -0.4 is 10.1 Å². The largest absolute Gasteiger partial charge is 0.488 e. The fourth-order valence-electron chi connectivity index (χ4n) is 3.70. The Morgan fingerprint density at radius 2 is 1.73 bits per heavy atom. The van der Waals surface area contributed by atoms with Gasteiger partial charge >= 0.3 is 5.92 Å². The zero-order valence-electron chi connectivity index (χ0n) is 14.6. The van der Waals surface area contributed by atoms with Crippen LogP contribution in [0.2, 0.25) is 0 Å². The molecule has 0 radical (unpaired) electrons. The third kappa shape index (κ3) is 3.83. The number of alkyl halides is 2. The molecule has 2 saturated carbocycles. The van der Waals surface area contributed by atoms with Crippen molar-refractivity contribution in [2.24, 2.45) is 0 Å². The van der Waals surface area contributed by atoms with Gasteiger partial charge in [-0.1, -0.05) is 19.3 Å². The second-order valence-electron chi connectivity index (χ2n) is 7.30. The number of anilines is 1. The molecule has 0 unspecified atom stereocenters. The van der Waals surface area contributed by atoms with Gasteiger partial charge in [0.2, 0.25) is 0 Å². The van der Waals surface area contributed by atoms with Crippen molar-refractivity contribution in [3.8, 4) is 5.75 Å². The van der Waals surface area contributed by atoms with Crippen molar-refractivity contribution in [1.29, 1.82) is 0 Å². The Balaban J connectivity index is 1.61. The molecule has 3 N–H and O–H groups in total. The van der Waals surface area contributed by atoms with E-state index in [4.69, 9.17) is 4.74 Å². The van der Waals surface area contributed by atoms with Crippen molar-refractivity contribution < 1.29 is 28.5 Å². The Hall–Kier alpha value is -1.73. The molecule has 0 heterocycles. The summed E-state index contributed by atoms with van der Waals surface area (Å²) in [4.78, 5) is 12.0. The summed E-state index contributed by atoms with van der Waals surface area (Å²) in [6.07, 6.45) is 3.48. The highest BCUT2D eigenvalue weighted by Crippen LogP contribution is 2.42. The lowest BCUT2D eigenvalue weighted by Crippen LogP contribution is -2.53. The molecule has 1 amide bonds. The number of ether oxygens (including phenoxy) is 1. The summed E-state index contributed by atoms with van der Waals surface area (Å²) in [7, 11) is 0. The Morgan fingerprint density at radius 3 is 2.35 bits per heavy atom. The Kier molecular flexibility index (Phi) is 5.48. The first-order valence-electron chi connectivity index (χ1n) is 9.18. The summed E-state index contributed by atoms with van der Waals surface area (Å²) in [5.41, 5.74) is -2.06. The minimum atomic E-state index is -3.84. The van der Waals surface area contributed by atoms with E-state index in [0.717, 1.165) is 19.3 Å². The van der Waals surface area contributed by atoms with Crippen LogP contribution in [0.5, 0.6) is 5.75 Å². The average Bonchev–Trinajstić information content (AvgIpc) is 3.07. The summed E-state index contributed by atoms with van der Waals surface area (Å²) < 4.78 is 34.4. The number of amides is 1. The minimum absolute atomic E-state index is 0.0795. The number of halogens is 2. The van der Waals surface area contributed by atoms with Crippen LogP contribution in [-0.2, 0) is 4.79 Å². The van der Waals surface area contributed by atoms with Gasteiger partial charge in [-0.25, -0.2) is 0 Å². The van der Waals surface area contributed by atoms with Crippen molar-refractivity contribution in [3.63, 3.8) is 0 Å². The van der Waals surface area contributed by atoms with E-state index < -0.39 is 23.5 Å². The quantitative estimate of drug-likeness (QED) is 0.744. The number of benzene rings is 1. The lowest BCUT2D eigenvalue weighted by atomic mass is 9.93. The van der Waals surface area contributed by atoms with Crippen LogP contribution in [0, 0.1) is 0 Å². The summed E-state index contributed by atoms with van der Waals surface area (Å²) >= 11 is 0. The maximum atomic E-state index is 14.3. The lowest BCUT2D eigenvalue weighted by Gasteiger charge is -2.31. The molecular weight excluding hydrogens is 344 g/mol. The smallest absolute Gasteiger partial charge is 0.352 e. The van der Waals surface area contributed by atoms with Crippen molar-refractivity contribution in [2.45, 2.75) is 75.1 Å². The zero-order chi connectivity index (χ0) is 18.8. The molecule has 0 bridgehead atoms. The Bertz CT molecular complexity index is 629. The third-order valence-corrected chi connectivity index (χ3v) is 5.37. The molecule has 0 saturated heterocycles. The molecule has 1 aromatic carbocycles. The fraction of sp³-hybridized carbons (Fsp3) is 0.632. The number of rotatable bonds is 5. The molecule has 2 fully saturated rings. The van der Waals surface area contributed by atoms with Crippen LogP contribution in [0.25, 0.3) is 0 Å². The van der Waals surface area contributed by atoms with Gasteiger partial charge in [-0.05, 0) is 56.4 Å². The van der Waals surface area contributed by atoms with Gasteiger partial charge < -0.3 is 20.3 Å². The highest BCUT2D eigenvalue weighted by Gasteiger charge is 2.59. The molecule has 144 valence electrons. The van der Waals surface area contributed by atoms with Gasteiger partial charge in [0.25, 0.3) is 5.91 Å². The molecule has 0 aromatic heterocycles. The summed E-state index contributed by atoms with van der Waals surface area (Å²) in [5.74, 6) is -4.83. The maximum absolute atomic E-state index is 14.3. The minimum Gasteiger partial charge on any atom is -0.488 e. The van der Waals surface area contributed by atoms with Crippen molar-refractivity contribution in [2.75, 3.05) is 5.32 Å². The fourth-order valence-corrected chi connectivity index (χ4v) is 3.70.